The number of carbonyl (C=O) groups excluding carboxylic acids is 2. The molecule has 2 amide bonds. The number of nitrogens with one attached hydrogen (secondary N) is 2. The smallest absolute Gasteiger partial charge is 0.254 e. The van der Waals surface area contributed by atoms with Gasteiger partial charge in [-0.15, -0.1) is 5.10 Å². The van der Waals surface area contributed by atoms with E-state index in [4.69, 9.17) is 33.7 Å². The van der Waals surface area contributed by atoms with E-state index >= 15 is 0 Å². The van der Waals surface area contributed by atoms with Crippen molar-refractivity contribution in [3.8, 4) is 5.75 Å². The average molecular weight is 466 g/mol. The van der Waals surface area contributed by atoms with E-state index in [2.05, 4.69) is 25.9 Å². The Hall–Kier alpha value is -3.11. The van der Waals surface area contributed by atoms with Crippen molar-refractivity contribution in [2.45, 2.75) is 33.1 Å². The summed E-state index contributed by atoms with van der Waals surface area (Å²) < 4.78 is 7.01. The molecule has 0 aliphatic rings. The van der Waals surface area contributed by atoms with Crippen LogP contribution in [0.3, 0.4) is 0 Å². The number of nitrogens with zero attached hydrogens (tertiary/aromatic N) is 4. The molecule has 10 nitrogen and oxygen atoms in total. The number of halogens is 2. The predicted octanol–water partition coefficient (Wildman–Crippen LogP) is 2.18. The lowest BCUT2D eigenvalue weighted by atomic mass is 10.1. The van der Waals surface area contributed by atoms with Crippen LogP contribution in [0.25, 0.3) is 5.78 Å². The van der Waals surface area contributed by atoms with Crippen molar-refractivity contribution in [3.05, 3.63) is 45.2 Å². The van der Waals surface area contributed by atoms with Crippen LogP contribution in [0.2, 0.25) is 10.0 Å². The van der Waals surface area contributed by atoms with Crippen LogP contribution in [0.1, 0.15) is 29.8 Å². The molecule has 0 radical (unpaired) electrons. The van der Waals surface area contributed by atoms with Crippen LogP contribution in [0, 0.1) is 13.8 Å². The SMILES string of the molecule is Cc1nc2nc(N)nn2c(C)c1CC(=O)NNC(=O)CCCOc1ccc(Cl)cc1Cl. The van der Waals surface area contributed by atoms with Gasteiger partial charge in [0.2, 0.25) is 17.8 Å². The van der Waals surface area contributed by atoms with E-state index in [1.165, 1.54) is 4.52 Å². The number of hydrogen-bond acceptors (Lipinski definition) is 7. The highest BCUT2D eigenvalue weighted by Gasteiger charge is 2.16. The number of ether oxygens (including phenoxy) is 1. The maximum atomic E-state index is 12.3. The minimum atomic E-state index is -0.391. The van der Waals surface area contributed by atoms with Crippen LogP contribution >= 0.6 is 23.2 Å². The number of nitrogens with two attached hydrogens (primary N) is 1. The molecule has 0 fully saturated rings. The van der Waals surface area contributed by atoms with E-state index in [1.54, 1.807) is 32.0 Å². The first kappa shape index (κ1) is 22.6. The van der Waals surface area contributed by atoms with Gasteiger partial charge in [-0.1, -0.05) is 23.2 Å². The maximum Gasteiger partial charge on any atom is 0.254 e. The number of carbonyl (C=O) groups is 2. The number of hydrogen-bond donors (Lipinski definition) is 3. The Morgan fingerprint density at radius 3 is 2.65 bits per heavy atom. The highest BCUT2D eigenvalue weighted by molar-refractivity contribution is 6.35. The number of aromatic nitrogens is 4. The summed E-state index contributed by atoms with van der Waals surface area (Å²) in [5, 5.41) is 4.97. The molecule has 0 bridgehead atoms. The number of nitrogen functional groups attached to an aromatic ring is 1. The first-order valence-electron chi connectivity index (χ1n) is 9.38. The summed E-state index contributed by atoms with van der Waals surface area (Å²) in [6.07, 6.45) is 0.612. The lowest BCUT2D eigenvalue weighted by molar-refractivity contribution is -0.128. The predicted molar refractivity (Wildman–Crippen MR) is 116 cm³/mol. The van der Waals surface area contributed by atoms with Crippen molar-refractivity contribution in [1.29, 1.82) is 0 Å². The Bertz CT molecular complexity index is 1130. The van der Waals surface area contributed by atoms with Gasteiger partial charge in [0.25, 0.3) is 5.78 Å². The summed E-state index contributed by atoms with van der Waals surface area (Å²) in [5.41, 5.74) is 12.4. The second-order valence-corrected chi connectivity index (χ2v) is 7.59. The monoisotopic (exact) mass is 465 g/mol. The molecule has 3 aromatic rings. The average Bonchev–Trinajstić information content (AvgIpc) is 3.08. The first-order chi connectivity index (χ1) is 14.7. The van der Waals surface area contributed by atoms with E-state index in [1.807, 2.05) is 0 Å². The molecule has 0 saturated heterocycles. The minimum absolute atomic E-state index is 0.0127. The summed E-state index contributed by atoms with van der Waals surface area (Å²) in [4.78, 5) is 32.5. The van der Waals surface area contributed by atoms with E-state index in [0.29, 0.717) is 44.9 Å². The largest absolute Gasteiger partial charge is 0.492 e. The van der Waals surface area contributed by atoms with E-state index in [-0.39, 0.29) is 31.3 Å². The molecule has 4 N–H and O–H groups in total. The van der Waals surface area contributed by atoms with Crippen molar-refractivity contribution in [3.63, 3.8) is 0 Å². The fourth-order valence-electron chi connectivity index (χ4n) is 2.89. The number of rotatable bonds is 7. The van der Waals surface area contributed by atoms with Gasteiger partial charge in [0.05, 0.1) is 18.1 Å². The molecule has 3 rings (SSSR count). The number of benzene rings is 1. The zero-order chi connectivity index (χ0) is 22.5. The van der Waals surface area contributed by atoms with Gasteiger partial charge in [0.1, 0.15) is 5.75 Å². The molecular weight excluding hydrogens is 445 g/mol. The van der Waals surface area contributed by atoms with Crippen molar-refractivity contribution in [2.75, 3.05) is 12.3 Å². The summed E-state index contributed by atoms with van der Waals surface area (Å²) in [6.45, 7) is 3.85. The molecular formula is C19H21Cl2N7O3. The van der Waals surface area contributed by atoms with Gasteiger partial charge in [0.15, 0.2) is 0 Å². The maximum absolute atomic E-state index is 12.3. The Morgan fingerprint density at radius 1 is 1.16 bits per heavy atom. The van der Waals surface area contributed by atoms with Gasteiger partial charge in [-0.25, -0.2) is 4.98 Å². The Kier molecular flexibility index (Phi) is 7.13. The van der Waals surface area contributed by atoms with E-state index in [9.17, 15) is 9.59 Å². The van der Waals surface area contributed by atoms with Crippen molar-refractivity contribution >= 4 is 46.7 Å². The fourth-order valence-corrected chi connectivity index (χ4v) is 3.36. The number of hydrazine groups is 1. The van der Waals surface area contributed by atoms with Crippen LogP contribution in [0.4, 0.5) is 5.95 Å². The van der Waals surface area contributed by atoms with Gasteiger partial charge in [-0.2, -0.15) is 9.50 Å². The third-order valence-electron chi connectivity index (χ3n) is 4.44. The first-order valence-corrected chi connectivity index (χ1v) is 10.1. The van der Waals surface area contributed by atoms with Crippen molar-refractivity contribution < 1.29 is 14.3 Å². The summed E-state index contributed by atoms with van der Waals surface area (Å²) in [6, 6.07) is 4.91. The van der Waals surface area contributed by atoms with Crippen molar-refractivity contribution in [1.82, 2.24) is 30.4 Å². The summed E-state index contributed by atoms with van der Waals surface area (Å²) in [7, 11) is 0. The Labute approximate surface area is 188 Å². The standard InChI is InChI=1S/C19H21Cl2N7O3/c1-10-13(11(2)28-19(23-10)24-18(22)27-28)9-17(30)26-25-16(29)4-3-7-31-15-6-5-12(20)8-14(15)21/h5-6,8H,3-4,7,9H2,1-2H3,(H2,22,27)(H,25,29)(H,26,30). The second kappa shape index (κ2) is 9.80. The highest BCUT2D eigenvalue weighted by atomic mass is 35.5. The summed E-state index contributed by atoms with van der Waals surface area (Å²) >= 11 is 11.9. The highest BCUT2D eigenvalue weighted by Crippen LogP contribution is 2.27. The number of aryl methyl sites for hydroxylation is 2. The van der Waals surface area contributed by atoms with E-state index < -0.39 is 5.91 Å². The molecule has 0 saturated carbocycles. The number of anilines is 1. The molecule has 31 heavy (non-hydrogen) atoms. The minimum Gasteiger partial charge on any atom is -0.492 e. The molecule has 0 aliphatic carbocycles. The van der Waals surface area contributed by atoms with Crippen LogP contribution in [0.5, 0.6) is 5.75 Å². The van der Waals surface area contributed by atoms with Gasteiger partial charge in [-0.3, -0.25) is 20.4 Å². The lowest BCUT2D eigenvalue weighted by Gasteiger charge is -2.11. The zero-order valence-corrected chi connectivity index (χ0v) is 18.4. The molecule has 0 atom stereocenters. The normalized spacial score (nSPS) is 10.8. The van der Waals surface area contributed by atoms with Gasteiger partial charge in [0, 0.05) is 28.4 Å². The third-order valence-corrected chi connectivity index (χ3v) is 4.97. The molecule has 12 heteroatoms. The number of amides is 2. The van der Waals surface area contributed by atoms with Crippen LogP contribution < -0.4 is 21.3 Å². The molecule has 2 aromatic heterocycles. The van der Waals surface area contributed by atoms with Gasteiger partial charge >= 0.3 is 0 Å². The van der Waals surface area contributed by atoms with Crippen molar-refractivity contribution in [2.24, 2.45) is 0 Å². The molecule has 0 spiro atoms. The Morgan fingerprint density at radius 2 is 1.90 bits per heavy atom. The third kappa shape index (κ3) is 5.74. The molecule has 1 aromatic carbocycles. The topological polar surface area (TPSA) is 137 Å². The van der Waals surface area contributed by atoms with Gasteiger partial charge in [-0.05, 0) is 38.5 Å². The fraction of sp³-hybridized carbons (Fsp3) is 0.316. The Balaban J connectivity index is 1.44. The lowest BCUT2D eigenvalue weighted by Crippen LogP contribution is -2.42. The van der Waals surface area contributed by atoms with Crippen LogP contribution in [-0.4, -0.2) is 38.0 Å². The molecule has 2 heterocycles. The second-order valence-electron chi connectivity index (χ2n) is 6.74. The van der Waals surface area contributed by atoms with Crippen LogP contribution in [-0.2, 0) is 16.0 Å². The van der Waals surface area contributed by atoms with E-state index in [0.717, 1.165) is 0 Å². The van der Waals surface area contributed by atoms with Gasteiger partial charge < -0.3 is 10.5 Å². The summed E-state index contributed by atoms with van der Waals surface area (Å²) in [5.74, 6) is 0.228. The molecule has 0 unspecified atom stereocenters. The number of fused-ring (bicyclic) bond motifs is 1. The zero-order valence-electron chi connectivity index (χ0n) is 16.9. The molecule has 0 aliphatic heterocycles. The van der Waals surface area contributed by atoms with Crippen LogP contribution in [0.15, 0.2) is 18.2 Å². The quantitative estimate of drug-likeness (QED) is 0.359. The molecule has 164 valence electrons.